The molecular formula is C67H123NO8. The summed E-state index contributed by atoms with van der Waals surface area (Å²) in [5.41, 5.74) is 0. The number of ether oxygens (including phenoxy) is 2. The maximum atomic E-state index is 13.1. The van der Waals surface area contributed by atoms with E-state index in [1.54, 1.807) is 6.08 Å². The van der Waals surface area contributed by atoms with E-state index in [1.165, 1.54) is 231 Å². The number of unbranched alkanes of at least 4 members (excludes halogenated alkanes) is 38. The Hall–Kier alpha value is -2.11. The van der Waals surface area contributed by atoms with E-state index in [-0.39, 0.29) is 12.5 Å². The Bertz CT molecular complexity index is 1380. The highest BCUT2D eigenvalue weighted by Crippen LogP contribution is 2.23. The lowest BCUT2D eigenvalue weighted by Gasteiger charge is -2.40. The average Bonchev–Trinajstić information content (AvgIpc) is 3.42. The van der Waals surface area contributed by atoms with Crippen LogP contribution < -0.4 is 5.32 Å². The van der Waals surface area contributed by atoms with Crippen LogP contribution >= 0.6 is 0 Å². The SMILES string of the molecule is CCCCCCCCCC/C=C/CC/C=C/CC/C=C/C(O)C(COC1OC(CO)C(O)C(O)C1O)NC(=O)CCCCCCCCCCCCCCCCCCC/C=C\C/C=C\CCCCCCCCCCCCC. The summed E-state index contributed by atoms with van der Waals surface area (Å²) in [5, 5.41) is 54.5. The van der Waals surface area contributed by atoms with Crippen LogP contribution in [0.1, 0.15) is 303 Å². The van der Waals surface area contributed by atoms with Gasteiger partial charge in [-0.05, 0) is 77.0 Å². The fourth-order valence-electron chi connectivity index (χ4n) is 10.2. The fourth-order valence-corrected chi connectivity index (χ4v) is 10.2. The van der Waals surface area contributed by atoms with Crippen LogP contribution in [-0.4, -0.2) is 87.5 Å². The molecule has 1 amide bonds. The minimum Gasteiger partial charge on any atom is -0.394 e. The summed E-state index contributed by atoms with van der Waals surface area (Å²) >= 11 is 0. The fraction of sp³-hybridized carbons (Fsp3) is 0.836. The summed E-state index contributed by atoms with van der Waals surface area (Å²) in [7, 11) is 0. The molecule has 0 aromatic heterocycles. The van der Waals surface area contributed by atoms with Crippen molar-refractivity contribution in [1.82, 2.24) is 5.32 Å². The van der Waals surface area contributed by atoms with Gasteiger partial charge in [0.1, 0.15) is 24.4 Å². The molecule has 1 aliphatic heterocycles. The monoisotopic (exact) mass is 1070 g/mol. The van der Waals surface area contributed by atoms with Crippen molar-refractivity contribution in [2.24, 2.45) is 0 Å². The number of hydrogen-bond donors (Lipinski definition) is 6. The van der Waals surface area contributed by atoms with Crippen molar-refractivity contribution >= 4 is 5.91 Å². The molecule has 1 rings (SSSR count). The molecule has 1 aliphatic rings. The maximum absolute atomic E-state index is 13.1. The molecular weight excluding hydrogens is 947 g/mol. The van der Waals surface area contributed by atoms with E-state index in [0.717, 1.165) is 51.4 Å². The Morgan fingerprint density at radius 1 is 0.447 bits per heavy atom. The zero-order chi connectivity index (χ0) is 55.0. The van der Waals surface area contributed by atoms with E-state index in [1.807, 2.05) is 6.08 Å². The van der Waals surface area contributed by atoms with E-state index in [9.17, 15) is 30.3 Å². The third kappa shape index (κ3) is 44.7. The van der Waals surface area contributed by atoms with Crippen molar-refractivity contribution in [1.29, 1.82) is 0 Å². The zero-order valence-corrected chi connectivity index (χ0v) is 49.5. The number of rotatable bonds is 56. The van der Waals surface area contributed by atoms with Crippen LogP contribution in [0.4, 0.5) is 0 Å². The Kier molecular flexibility index (Phi) is 53.1. The number of amides is 1. The third-order valence-electron chi connectivity index (χ3n) is 15.3. The first-order valence-electron chi connectivity index (χ1n) is 32.5. The number of carbonyl (C=O) groups is 1. The highest BCUT2D eigenvalue weighted by molar-refractivity contribution is 5.76. The van der Waals surface area contributed by atoms with E-state index < -0.39 is 49.5 Å². The lowest BCUT2D eigenvalue weighted by Crippen LogP contribution is -2.60. The zero-order valence-electron chi connectivity index (χ0n) is 49.5. The number of aliphatic hydroxyl groups excluding tert-OH is 5. The quantitative estimate of drug-likeness (QED) is 0.0261. The number of aliphatic hydroxyl groups is 5. The summed E-state index contributed by atoms with van der Waals surface area (Å²) < 4.78 is 11.3. The predicted octanol–water partition coefficient (Wildman–Crippen LogP) is 17.0. The molecule has 7 unspecified atom stereocenters. The molecule has 0 aromatic carbocycles. The molecule has 0 radical (unpaired) electrons. The second-order valence-corrected chi connectivity index (χ2v) is 22.5. The Morgan fingerprint density at radius 3 is 1.18 bits per heavy atom. The van der Waals surface area contributed by atoms with E-state index in [0.29, 0.717) is 6.42 Å². The van der Waals surface area contributed by atoms with Gasteiger partial charge in [-0.2, -0.15) is 0 Å². The summed E-state index contributed by atoms with van der Waals surface area (Å²) in [4.78, 5) is 13.1. The summed E-state index contributed by atoms with van der Waals surface area (Å²) in [6.07, 6.45) is 70.3. The minimum atomic E-state index is -1.58. The van der Waals surface area contributed by atoms with Crippen LogP contribution in [0.5, 0.6) is 0 Å². The molecule has 444 valence electrons. The van der Waals surface area contributed by atoms with Crippen LogP contribution in [-0.2, 0) is 14.3 Å². The van der Waals surface area contributed by atoms with Gasteiger partial charge in [0.25, 0.3) is 0 Å². The molecule has 9 heteroatoms. The van der Waals surface area contributed by atoms with Gasteiger partial charge in [-0.25, -0.2) is 0 Å². The maximum Gasteiger partial charge on any atom is 0.220 e. The highest BCUT2D eigenvalue weighted by Gasteiger charge is 2.44. The molecule has 76 heavy (non-hydrogen) atoms. The predicted molar refractivity (Wildman–Crippen MR) is 322 cm³/mol. The van der Waals surface area contributed by atoms with Gasteiger partial charge in [0, 0.05) is 6.42 Å². The summed E-state index contributed by atoms with van der Waals surface area (Å²) in [6, 6.07) is -0.830. The van der Waals surface area contributed by atoms with Gasteiger partial charge in [-0.1, -0.05) is 280 Å². The normalized spacial score (nSPS) is 19.2. The van der Waals surface area contributed by atoms with Crippen LogP contribution in [0.2, 0.25) is 0 Å². The van der Waals surface area contributed by atoms with Crippen molar-refractivity contribution in [2.45, 2.75) is 346 Å². The summed E-state index contributed by atoms with van der Waals surface area (Å²) in [5.74, 6) is -0.188. The molecule has 6 N–H and O–H groups in total. The molecule has 7 atom stereocenters. The van der Waals surface area contributed by atoms with Crippen molar-refractivity contribution in [2.75, 3.05) is 13.2 Å². The molecule has 1 fully saturated rings. The van der Waals surface area contributed by atoms with Crippen molar-refractivity contribution in [3.63, 3.8) is 0 Å². The van der Waals surface area contributed by atoms with Gasteiger partial charge in [0.15, 0.2) is 6.29 Å². The first kappa shape index (κ1) is 71.9. The molecule has 0 aromatic rings. The van der Waals surface area contributed by atoms with E-state index >= 15 is 0 Å². The summed E-state index contributed by atoms with van der Waals surface area (Å²) in [6.45, 7) is 3.78. The van der Waals surface area contributed by atoms with Gasteiger partial charge in [-0.3, -0.25) is 4.79 Å². The van der Waals surface area contributed by atoms with E-state index in [4.69, 9.17) is 9.47 Å². The van der Waals surface area contributed by atoms with Gasteiger partial charge in [0.2, 0.25) is 5.91 Å². The lowest BCUT2D eigenvalue weighted by atomic mass is 9.99. The molecule has 0 bridgehead atoms. The van der Waals surface area contributed by atoms with Gasteiger partial charge in [0.05, 0.1) is 25.4 Å². The Labute approximate surface area is 468 Å². The van der Waals surface area contributed by atoms with Gasteiger partial charge >= 0.3 is 0 Å². The number of carbonyl (C=O) groups excluding carboxylic acids is 1. The number of nitrogens with one attached hydrogen (secondary N) is 1. The standard InChI is InChI=1S/C67H123NO8/c1-3-5-7-9-11-13-15-17-19-21-23-24-25-26-27-28-29-30-31-32-33-34-35-36-37-38-39-41-43-45-47-49-51-53-55-57-63(71)68-60(59-75-67-66(74)65(73)64(72)62(58-69)76-67)61(70)56-54-52-50-48-46-44-42-40-22-20-18-16-14-12-10-8-6-4-2/h22,25-26,28-29,40,46,48,54,56,60-62,64-67,69-70,72-74H,3-21,23-24,27,30-39,41-45,47,49-53,55,57-59H2,1-2H3,(H,68,71)/b26-25-,29-28-,40-22+,48-46+,56-54+. The molecule has 1 heterocycles. The first-order chi connectivity index (χ1) is 37.3. The molecule has 9 nitrogen and oxygen atoms in total. The molecule has 1 saturated heterocycles. The molecule has 0 spiro atoms. The second kappa shape index (κ2) is 56.2. The second-order valence-electron chi connectivity index (χ2n) is 22.5. The number of allylic oxidation sites excluding steroid dienone is 9. The van der Waals surface area contributed by atoms with Crippen LogP contribution in [0.25, 0.3) is 0 Å². The Balaban J connectivity index is 2.13. The first-order valence-corrected chi connectivity index (χ1v) is 32.5. The third-order valence-corrected chi connectivity index (χ3v) is 15.3. The highest BCUT2D eigenvalue weighted by atomic mass is 16.7. The smallest absolute Gasteiger partial charge is 0.220 e. The average molecular weight is 1070 g/mol. The number of hydrogen-bond acceptors (Lipinski definition) is 8. The largest absolute Gasteiger partial charge is 0.394 e. The van der Waals surface area contributed by atoms with Gasteiger partial charge in [-0.15, -0.1) is 0 Å². The van der Waals surface area contributed by atoms with Gasteiger partial charge < -0.3 is 40.3 Å². The molecule has 0 aliphatic carbocycles. The van der Waals surface area contributed by atoms with Crippen molar-refractivity contribution < 1.29 is 39.8 Å². The van der Waals surface area contributed by atoms with Crippen LogP contribution in [0, 0.1) is 0 Å². The van der Waals surface area contributed by atoms with E-state index in [2.05, 4.69) is 67.8 Å². The topological polar surface area (TPSA) is 149 Å². The minimum absolute atomic E-state index is 0.188. The van der Waals surface area contributed by atoms with Crippen LogP contribution in [0.3, 0.4) is 0 Å². The Morgan fingerprint density at radius 2 is 0.789 bits per heavy atom. The van der Waals surface area contributed by atoms with Crippen LogP contribution in [0.15, 0.2) is 60.8 Å². The van der Waals surface area contributed by atoms with Crippen molar-refractivity contribution in [3.8, 4) is 0 Å². The lowest BCUT2D eigenvalue weighted by molar-refractivity contribution is -0.302. The van der Waals surface area contributed by atoms with Crippen molar-refractivity contribution in [3.05, 3.63) is 60.8 Å². The molecule has 0 saturated carbocycles.